The van der Waals surface area contributed by atoms with Crippen LogP contribution in [0.3, 0.4) is 0 Å². The summed E-state index contributed by atoms with van der Waals surface area (Å²) in [6.07, 6.45) is 5.39. The van der Waals surface area contributed by atoms with E-state index in [9.17, 15) is 12.8 Å². The summed E-state index contributed by atoms with van der Waals surface area (Å²) >= 11 is 0. The molecule has 0 spiro atoms. The van der Waals surface area contributed by atoms with Crippen LogP contribution in [-0.4, -0.2) is 20.5 Å². The average Bonchev–Trinajstić information content (AvgIpc) is 2.30. The predicted octanol–water partition coefficient (Wildman–Crippen LogP) is 2.59. The zero-order chi connectivity index (χ0) is 14.0. The standard InChI is InChI=1S/C13H15FN2O2S/c1-9-5-6-15-13(7-9)16-12-4-3-10(8-11(12)14)19(2,17)18/h3-6,8-9H,7H2,1-2H3,(H,15,16). The number of nitrogens with one attached hydrogen (secondary N) is 1. The summed E-state index contributed by atoms with van der Waals surface area (Å²) in [5.74, 6) is 0.409. The average molecular weight is 282 g/mol. The lowest BCUT2D eigenvalue weighted by molar-refractivity contribution is 0.596. The van der Waals surface area contributed by atoms with Crippen LogP contribution >= 0.6 is 0 Å². The Hall–Kier alpha value is -1.69. The maximum atomic E-state index is 13.8. The third kappa shape index (κ3) is 3.41. The molecule has 0 bridgehead atoms. The number of rotatable bonds is 2. The quantitative estimate of drug-likeness (QED) is 0.907. The zero-order valence-corrected chi connectivity index (χ0v) is 11.5. The van der Waals surface area contributed by atoms with Crippen molar-refractivity contribution in [3.8, 4) is 0 Å². The van der Waals surface area contributed by atoms with Crippen molar-refractivity contribution >= 4 is 21.4 Å². The Morgan fingerprint density at radius 1 is 1.42 bits per heavy atom. The number of benzene rings is 1. The maximum Gasteiger partial charge on any atom is 0.175 e. The van der Waals surface area contributed by atoms with Gasteiger partial charge in [0.05, 0.1) is 10.6 Å². The molecular weight excluding hydrogens is 267 g/mol. The number of allylic oxidation sites excluding steroid dienone is 1. The van der Waals surface area contributed by atoms with Crippen molar-refractivity contribution < 1.29 is 12.8 Å². The first-order valence-electron chi connectivity index (χ1n) is 5.86. The van der Waals surface area contributed by atoms with Gasteiger partial charge in [0.2, 0.25) is 0 Å². The van der Waals surface area contributed by atoms with Crippen molar-refractivity contribution in [2.45, 2.75) is 18.2 Å². The number of amidine groups is 1. The molecule has 0 saturated carbocycles. The molecule has 1 atom stereocenters. The van der Waals surface area contributed by atoms with E-state index in [2.05, 4.69) is 10.3 Å². The fourth-order valence-corrected chi connectivity index (χ4v) is 2.41. The summed E-state index contributed by atoms with van der Waals surface area (Å²) in [7, 11) is -3.39. The number of halogens is 1. The molecule has 1 unspecified atom stereocenters. The third-order valence-corrected chi connectivity index (χ3v) is 3.92. The largest absolute Gasteiger partial charge is 0.341 e. The van der Waals surface area contributed by atoms with Crippen molar-refractivity contribution in [3.05, 3.63) is 36.3 Å². The molecule has 1 aromatic rings. The molecule has 1 aliphatic rings. The van der Waals surface area contributed by atoms with Gasteiger partial charge in [0.25, 0.3) is 0 Å². The van der Waals surface area contributed by atoms with Crippen molar-refractivity contribution in [2.75, 3.05) is 11.6 Å². The molecule has 0 aromatic heterocycles. The van der Waals surface area contributed by atoms with Crippen LogP contribution in [-0.2, 0) is 9.84 Å². The fraction of sp³-hybridized carbons (Fsp3) is 0.308. The van der Waals surface area contributed by atoms with Gasteiger partial charge in [-0.15, -0.1) is 0 Å². The fourth-order valence-electron chi connectivity index (χ4n) is 1.77. The van der Waals surface area contributed by atoms with Crippen LogP contribution in [0, 0.1) is 11.7 Å². The molecule has 1 N–H and O–H groups in total. The number of sulfone groups is 1. The Morgan fingerprint density at radius 2 is 2.16 bits per heavy atom. The van der Waals surface area contributed by atoms with Gasteiger partial charge < -0.3 is 5.32 Å². The number of hydrogen-bond acceptors (Lipinski definition) is 4. The van der Waals surface area contributed by atoms with Crippen LogP contribution in [0.25, 0.3) is 0 Å². The first kappa shape index (κ1) is 13.7. The summed E-state index contributed by atoms with van der Waals surface area (Å²) in [4.78, 5) is 4.09. The van der Waals surface area contributed by atoms with Gasteiger partial charge >= 0.3 is 0 Å². The zero-order valence-electron chi connectivity index (χ0n) is 10.7. The van der Waals surface area contributed by atoms with Crippen molar-refractivity contribution in [1.29, 1.82) is 0 Å². The van der Waals surface area contributed by atoms with Gasteiger partial charge in [-0.05, 0) is 24.1 Å². The van der Waals surface area contributed by atoms with Gasteiger partial charge in [-0.3, -0.25) is 0 Å². The summed E-state index contributed by atoms with van der Waals surface area (Å²) in [5.41, 5.74) is 0.230. The van der Waals surface area contributed by atoms with Crippen LogP contribution in [0.2, 0.25) is 0 Å². The maximum absolute atomic E-state index is 13.8. The SMILES string of the molecule is CC1C=CN=C(Nc2ccc(S(C)(=O)=O)cc2F)C1. The topological polar surface area (TPSA) is 58.5 Å². The molecule has 1 aromatic carbocycles. The summed E-state index contributed by atoms with van der Waals surface area (Å²) in [6, 6.07) is 3.81. The lowest BCUT2D eigenvalue weighted by atomic mass is 10.1. The Bertz CT molecular complexity index is 651. The van der Waals surface area contributed by atoms with E-state index < -0.39 is 15.7 Å². The summed E-state index contributed by atoms with van der Waals surface area (Å²) in [5, 5.41) is 2.89. The minimum Gasteiger partial charge on any atom is -0.341 e. The molecule has 2 rings (SSSR count). The monoisotopic (exact) mass is 282 g/mol. The molecule has 1 heterocycles. The van der Waals surface area contributed by atoms with E-state index in [1.165, 1.54) is 12.1 Å². The molecule has 4 nitrogen and oxygen atoms in total. The highest BCUT2D eigenvalue weighted by atomic mass is 32.2. The molecule has 102 valence electrons. The molecule has 0 fully saturated rings. The highest BCUT2D eigenvalue weighted by Gasteiger charge is 2.13. The molecule has 1 aliphatic heterocycles. The van der Waals surface area contributed by atoms with E-state index in [1.54, 1.807) is 6.20 Å². The highest BCUT2D eigenvalue weighted by Crippen LogP contribution is 2.21. The highest BCUT2D eigenvalue weighted by molar-refractivity contribution is 7.90. The summed E-state index contributed by atoms with van der Waals surface area (Å²) in [6.45, 7) is 2.04. The van der Waals surface area contributed by atoms with Crippen molar-refractivity contribution in [3.63, 3.8) is 0 Å². The minimum atomic E-state index is -3.39. The van der Waals surface area contributed by atoms with Gasteiger partial charge in [-0.2, -0.15) is 0 Å². The van der Waals surface area contributed by atoms with Gasteiger partial charge in [0, 0.05) is 18.9 Å². The first-order valence-corrected chi connectivity index (χ1v) is 7.75. The van der Waals surface area contributed by atoms with Crippen LogP contribution in [0.15, 0.2) is 40.4 Å². The first-order chi connectivity index (χ1) is 8.86. The molecular formula is C13H15FN2O2S. The van der Waals surface area contributed by atoms with Gasteiger partial charge in [-0.25, -0.2) is 17.8 Å². The lowest BCUT2D eigenvalue weighted by Gasteiger charge is -2.15. The molecule has 0 saturated heterocycles. The van der Waals surface area contributed by atoms with Crippen molar-refractivity contribution in [1.82, 2.24) is 0 Å². The van der Waals surface area contributed by atoms with Gasteiger partial charge in [0.1, 0.15) is 11.7 Å². The normalized spacial score (nSPS) is 19.1. The molecule has 0 radical (unpaired) electrons. The Kier molecular flexibility index (Phi) is 3.71. The van der Waals surface area contributed by atoms with E-state index >= 15 is 0 Å². The number of aliphatic imine (C=N–C) groups is 1. The predicted molar refractivity (Wildman–Crippen MR) is 73.5 cm³/mol. The number of hydrogen-bond donors (Lipinski definition) is 1. The summed E-state index contributed by atoms with van der Waals surface area (Å²) < 4.78 is 36.5. The van der Waals surface area contributed by atoms with E-state index in [1.807, 2.05) is 13.0 Å². The molecule has 0 aliphatic carbocycles. The number of nitrogens with zero attached hydrogens (tertiary/aromatic N) is 1. The van der Waals surface area contributed by atoms with E-state index in [4.69, 9.17) is 0 Å². The van der Waals surface area contributed by atoms with Crippen LogP contribution in [0.1, 0.15) is 13.3 Å². The van der Waals surface area contributed by atoms with Gasteiger partial charge in [-0.1, -0.05) is 13.0 Å². The van der Waals surface area contributed by atoms with Crippen LogP contribution in [0.4, 0.5) is 10.1 Å². The number of anilines is 1. The second-order valence-electron chi connectivity index (χ2n) is 4.64. The van der Waals surface area contributed by atoms with Crippen molar-refractivity contribution in [2.24, 2.45) is 10.9 Å². The smallest absolute Gasteiger partial charge is 0.175 e. The van der Waals surface area contributed by atoms with Gasteiger partial charge in [0.15, 0.2) is 9.84 Å². The second kappa shape index (κ2) is 5.13. The Balaban J connectivity index is 2.23. The lowest BCUT2D eigenvalue weighted by Crippen LogP contribution is -2.17. The molecule has 19 heavy (non-hydrogen) atoms. The second-order valence-corrected chi connectivity index (χ2v) is 6.65. The minimum absolute atomic E-state index is 0.0330. The Labute approximate surface area is 112 Å². The Morgan fingerprint density at radius 3 is 2.74 bits per heavy atom. The van der Waals surface area contributed by atoms with E-state index in [0.29, 0.717) is 18.2 Å². The van der Waals surface area contributed by atoms with Crippen LogP contribution < -0.4 is 5.32 Å². The van der Waals surface area contributed by atoms with Crippen LogP contribution in [0.5, 0.6) is 0 Å². The van der Waals surface area contributed by atoms with E-state index in [0.717, 1.165) is 12.3 Å². The van der Waals surface area contributed by atoms with E-state index in [-0.39, 0.29) is 10.6 Å². The molecule has 6 heteroatoms. The molecule has 0 amide bonds. The third-order valence-electron chi connectivity index (χ3n) is 2.81.